The number of ether oxygens (including phenoxy) is 2. The van der Waals surface area contributed by atoms with Gasteiger partial charge in [0.05, 0.1) is 23.2 Å². The summed E-state index contributed by atoms with van der Waals surface area (Å²) in [4.78, 5) is 14.2. The molecule has 1 fully saturated rings. The molecular formula is C27H41N6O2Ta-. The number of nitrogens with one attached hydrogen (secondary N) is 1. The second-order valence-electron chi connectivity index (χ2n) is 10.2. The number of hydrogen-bond acceptors (Lipinski definition) is 6. The fourth-order valence-electron chi connectivity index (χ4n) is 4.82. The van der Waals surface area contributed by atoms with E-state index in [1.165, 1.54) is 45.6 Å². The zero-order valence-corrected chi connectivity index (χ0v) is 25.5. The number of aromatic nitrogens is 3. The van der Waals surface area contributed by atoms with Crippen molar-refractivity contribution >= 4 is 27.8 Å². The normalized spacial score (nSPS) is 15.6. The van der Waals surface area contributed by atoms with Gasteiger partial charge in [-0.25, -0.2) is 4.98 Å². The second kappa shape index (κ2) is 13.3. The molecule has 1 radical (unpaired) electrons. The average molecular weight is 663 g/mol. The molecule has 0 unspecified atom stereocenters. The minimum absolute atomic E-state index is 0. The predicted molar refractivity (Wildman–Crippen MR) is 142 cm³/mol. The van der Waals surface area contributed by atoms with Crippen molar-refractivity contribution in [3.8, 4) is 0 Å². The number of fused-ring (bicyclic) bond motifs is 3. The van der Waals surface area contributed by atoms with E-state index >= 15 is 0 Å². The third-order valence-electron chi connectivity index (χ3n) is 6.84. The number of para-hydroxylation sites is 1. The van der Waals surface area contributed by atoms with Crippen LogP contribution in [0.3, 0.4) is 0 Å². The Bertz CT molecular complexity index is 1110. The van der Waals surface area contributed by atoms with Crippen molar-refractivity contribution < 1.29 is 31.9 Å². The first-order chi connectivity index (χ1) is 16.9. The summed E-state index contributed by atoms with van der Waals surface area (Å²) in [6.45, 7) is 14.6. The Morgan fingerprint density at radius 1 is 1.03 bits per heavy atom. The van der Waals surface area contributed by atoms with E-state index in [9.17, 15) is 0 Å². The van der Waals surface area contributed by atoms with Crippen LogP contribution in [0.2, 0.25) is 0 Å². The number of nitrogens with zero attached hydrogens (tertiary/aromatic N) is 5. The summed E-state index contributed by atoms with van der Waals surface area (Å²) in [7, 11) is 2.20. The Balaban J connectivity index is 0.00000361. The number of benzene rings is 1. The van der Waals surface area contributed by atoms with Gasteiger partial charge in [-0.1, -0.05) is 24.3 Å². The molecule has 2 aromatic heterocycles. The quantitative estimate of drug-likeness (QED) is 0.254. The molecule has 197 valence electrons. The number of rotatable bonds is 12. The standard InChI is InChI=1S/C27H41N6O2.Ta/c1-5-34-19-23-30-24-25(21-11-7-8-12-22(21)29-26(24)28)33(23)20-27(2,3)35-18-10-6-9-13-32-16-14-31(4)15-17-32;/h7-8,11-12H,5-6,9-10,13-20H2,1-4H3,(H-,28,29);/q-1;. The van der Waals surface area contributed by atoms with Gasteiger partial charge >= 0.3 is 0 Å². The van der Waals surface area contributed by atoms with Crippen molar-refractivity contribution in [2.45, 2.75) is 58.8 Å². The number of likely N-dealkylation sites (N-methyl/N-ethyl adjacent to an activating group) is 1. The summed E-state index contributed by atoms with van der Waals surface area (Å²) < 4.78 is 14.3. The maximum Gasteiger partial charge on any atom is 0.136 e. The first kappa shape index (κ1) is 29.0. The van der Waals surface area contributed by atoms with Gasteiger partial charge in [-0.2, -0.15) is 0 Å². The van der Waals surface area contributed by atoms with Gasteiger partial charge in [-0.3, -0.25) is 0 Å². The van der Waals surface area contributed by atoms with Gasteiger partial charge in [0.25, 0.3) is 0 Å². The number of pyridine rings is 1. The third-order valence-corrected chi connectivity index (χ3v) is 6.84. The molecule has 1 saturated heterocycles. The van der Waals surface area contributed by atoms with Crippen LogP contribution in [0.4, 0.5) is 5.82 Å². The Hall–Kier alpha value is -1.52. The van der Waals surface area contributed by atoms with Crippen molar-refractivity contribution in [1.82, 2.24) is 24.3 Å². The summed E-state index contributed by atoms with van der Waals surface area (Å²) in [5, 5.41) is 1.01. The van der Waals surface area contributed by atoms with Crippen molar-refractivity contribution in [3.05, 3.63) is 35.8 Å². The maximum atomic E-state index is 8.46. The van der Waals surface area contributed by atoms with Gasteiger partial charge < -0.3 is 34.6 Å². The molecule has 8 nitrogen and oxygen atoms in total. The third kappa shape index (κ3) is 7.28. The largest absolute Gasteiger partial charge is 0.480 e. The minimum atomic E-state index is -0.376. The van der Waals surface area contributed by atoms with Crippen LogP contribution in [0.5, 0.6) is 0 Å². The topological polar surface area (TPSA) is 79.4 Å². The van der Waals surface area contributed by atoms with Crippen molar-refractivity contribution in [1.29, 1.82) is 0 Å². The summed E-state index contributed by atoms with van der Waals surface area (Å²) in [5.41, 5.74) is 10.5. The van der Waals surface area contributed by atoms with Crippen LogP contribution < -0.4 is 0 Å². The summed E-state index contributed by atoms with van der Waals surface area (Å²) in [6, 6.07) is 7.98. The SMILES string of the molecule is CCOCc1nc2c([NH-])nc3ccccc3c2n1CC(C)(C)OCCCCCN1CCN(C)CC1.[Ta]. The summed E-state index contributed by atoms with van der Waals surface area (Å²) in [6.07, 6.45) is 3.48. The Labute approximate surface area is 231 Å². The fourth-order valence-corrected chi connectivity index (χ4v) is 4.82. The molecule has 36 heavy (non-hydrogen) atoms. The Morgan fingerprint density at radius 3 is 2.53 bits per heavy atom. The summed E-state index contributed by atoms with van der Waals surface area (Å²) in [5.74, 6) is 1.02. The molecule has 4 rings (SSSR count). The first-order valence-electron chi connectivity index (χ1n) is 13.0. The fraction of sp³-hybridized carbons (Fsp3) is 0.630. The van der Waals surface area contributed by atoms with Gasteiger partial charge in [-0.05, 0) is 65.0 Å². The van der Waals surface area contributed by atoms with Crippen molar-refractivity contribution in [3.63, 3.8) is 0 Å². The Morgan fingerprint density at radius 2 is 1.78 bits per heavy atom. The molecule has 1 N–H and O–H groups in total. The molecule has 1 aliphatic heterocycles. The second-order valence-corrected chi connectivity index (χ2v) is 10.2. The van der Waals surface area contributed by atoms with Crippen LogP contribution in [0.15, 0.2) is 24.3 Å². The summed E-state index contributed by atoms with van der Waals surface area (Å²) >= 11 is 0. The van der Waals surface area contributed by atoms with E-state index in [1.54, 1.807) is 0 Å². The minimum Gasteiger partial charge on any atom is -0.480 e. The molecule has 1 aromatic carbocycles. The molecule has 9 heteroatoms. The molecule has 0 bridgehead atoms. The van der Waals surface area contributed by atoms with Gasteiger partial charge in [0.1, 0.15) is 12.4 Å². The molecule has 1 aliphatic rings. The maximum absolute atomic E-state index is 8.46. The molecule has 0 spiro atoms. The molecule has 3 aromatic rings. The smallest absolute Gasteiger partial charge is 0.136 e. The van der Waals surface area contributed by atoms with E-state index in [4.69, 9.17) is 20.2 Å². The van der Waals surface area contributed by atoms with E-state index in [2.05, 4.69) is 46.3 Å². The van der Waals surface area contributed by atoms with Crippen LogP contribution in [0.1, 0.15) is 45.9 Å². The van der Waals surface area contributed by atoms with E-state index < -0.39 is 0 Å². The zero-order valence-electron chi connectivity index (χ0n) is 22.3. The molecule has 3 heterocycles. The first-order valence-corrected chi connectivity index (χ1v) is 13.0. The van der Waals surface area contributed by atoms with E-state index in [0.29, 0.717) is 25.3 Å². The van der Waals surface area contributed by atoms with Crippen molar-refractivity contribution in [2.75, 3.05) is 53.0 Å². The number of piperazine rings is 1. The van der Waals surface area contributed by atoms with E-state index in [0.717, 1.165) is 35.3 Å². The van der Waals surface area contributed by atoms with Crippen LogP contribution in [0, 0.1) is 0 Å². The van der Waals surface area contributed by atoms with Gasteiger partial charge in [-0.15, -0.1) is 0 Å². The molecule has 0 aliphatic carbocycles. The van der Waals surface area contributed by atoms with Gasteiger partial charge in [0, 0.05) is 67.2 Å². The molecule has 0 atom stereocenters. The molecular weight excluding hydrogens is 621 g/mol. The number of hydrogen-bond donors (Lipinski definition) is 0. The average Bonchev–Trinajstić information content (AvgIpc) is 3.19. The molecule has 0 amide bonds. The monoisotopic (exact) mass is 662 g/mol. The van der Waals surface area contributed by atoms with E-state index in [-0.39, 0.29) is 33.8 Å². The van der Waals surface area contributed by atoms with Crippen LogP contribution in [-0.4, -0.2) is 82.9 Å². The molecule has 0 saturated carbocycles. The number of unbranched alkanes of at least 4 members (excludes halogenated alkanes) is 2. The van der Waals surface area contributed by atoms with E-state index in [1.807, 2.05) is 25.1 Å². The van der Waals surface area contributed by atoms with Crippen molar-refractivity contribution in [2.24, 2.45) is 0 Å². The van der Waals surface area contributed by atoms with Crippen LogP contribution in [-0.2, 0) is 45.0 Å². The van der Waals surface area contributed by atoms with Gasteiger partial charge in [0.2, 0.25) is 0 Å². The number of imidazole rings is 1. The Kier molecular flexibility index (Phi) is 10.8. The van der Waals surface area contributed by atoms with Crippen LogP contribution in [0.25, 0.3) is 27.7 Å². The zero-order chi connectivity index (χ0) is 24.8. The predicted octanol–water partition coefficient (Wildman–Crippen LogP) is 5.02. The van der Waals surface area contributed by atoms with Gasteiger partial charge in [0.15, 0.2) is 0 Å². The van der Waals surface area contributed by atoms with Crippen LogP contribution >= 0.6 is 0 Å².